The highest BCUT2D eigenvalue weighted by Gasteiger charge is 2.85. The molecule has 8 heteroatoms. The van der Waals surface area contributed by atoms with Gasteiger partial charge in [0.1, 0.15) is 35.3 Å². The molecule has 1 saturated carbocycles. The molecule has 2 fully saturated rings. The number of anilines is 1. The maximum Gasteiger partial charge on any atom is 0.151 e. The smallest absolute Gasteiger partial charge is 0.151 e. The van der Waals surface area contributed by atoms with E-state index in [9.17, 15) is 15.3 Å². The first-order valence-electron chi connectivity index (χ1n) is 6.92. The molecule has 2 aromatic heterocycles. The Morgan fingerprint density at radius 1 is 1.50 bits per heavy atom. The van der Waals surface area contributed by atoms with Gasteiger partial charge in [-0.3, -0.25) is 0 Å². The van der Waals surface area contributed by atoms with E-state index in [1.165, 1.54) is 16.9 Å². The topological polar surface area (TPSA) is 126 Å². The van der Waals surface area contributed by atoms with Crippen LogP contribution >= 0.6 is 0 Å². The average Bonchev–Trinajstić information content (AvgIpc) is 2.77. The molecular formula is C14H16N4O4. The maximum atomic E-state index is 10.7. The average molecular weight is 304 g/mol. The first-order chi connectivity index (χ1) is 10.5. The molecule has 1 aliphatic carbocycles. The highest BCUT2D eigenvalue weighted by Crippen LogP contribution is 2.68. The zero-order valence-corrected chi connectivity index (χ0v) is 11.6. The second-order valence-electron chi connectivity index (χ2n) is 5.74. The van der Waals surface area contributed by atoms with E-state index in [-0.39, 0.29) is 6.61 Å². The van der Waals surface area contributed by atoms with Crippen LogP contribution in [-0.4, -0.2) is 53.8 Å². The predicted molar refractivity (Wildman–Crippen MR) is 75.7 cm³/mol. The number of aliphatic hydroxyl groups excluding tert-OH is 2. The summed E-state index contributed by atoms with van der Waals surface area (Å²) in [6.45, 7) is 3.37. The molecule has 2 aliphatic rings. The molecule has 5 N–H and O–H groups in total. The summed E-state index contributed by atoms with van der Waals surface area (Å²) in [6, 6.07) is 3.44. The summed E-state index contributed by atoms with van der Waals surface area (Å²) in [4.78, 5) is 3.90. The third kappa shape index (κ3) is 1.27. The van der Waals surface area contributed by atoms with Crippen molar-refractivity contribution in [2.24, 2.45) is 5.92 Å². The molecule has 0 radical (unpaired) electrons. The van der Waals surface area contributed by atoms with Crippen LogP contribution in [0.15, 0.2) is 31.1 Å². The van der Waals surface area contributed by atoms with Gasteiger partial charge in [-0.25, -0.2) is 9.50 Å². The van der Waals surface area contributed by atoms with Gasteiger partial charge in [-0.2, -0.15) is 5.10 Å². The van der Waals surface area contributed by atoms with Crippen LogP contribution in [0.4, 0.5) is 5.82 Å². The van der Waals surface area contributed by atoms with Crippen LogP contribution in [0.2, 0.25) is 0 Å². The fourth-order valence-corrected chi connectivity index (χ4v) is 3.71. The Labute approximate surface area is 125 Å². The van der Waals surface area contributed by atoms with Crippen molar-refractivity contribution in [3.05, 3.63) is 36.8 Å². The van der Waals surface area contributed by atoms with Crippen molar-refractivity contribution >= 4 is 11.3 Å². The number of hydrogen-bond donors (Lipinski definition) is 4. The van der Waals surface area contributed by atoms with Crippen molar-refractivity contribution in [2.75, 3.05) is 12.3 Å². The number of aromatic nitrogens is 3. The Morgan fingerprint density at radius 2 is 2.27 bits per heavy atom. The predicted octanol–water partition coefficient (Wildman–Crippen LogP) is -0.978. The molecule has 1 aliphatic heterocycles. The zero-order valence-electron chi connectivity index (χ0n) is 11.6. The number of ether oxygens (including phenoxy) is 1. The van der Waals surface area contributed by atoms with Gasteiger partial charge in [0.2, 0.25) is 0 Å². The molecule has 8 nitrogen and oxygen atoms in total. The summed E-state index contributed by atoms with van der Waals surface area (Å²) >= 11 is 0. The van der Waals surface area contributed by atoms with Gasteiger partial charge in [-0.1, -0.05) is 6.08 Å². The number of nitrogens with two attached hydrogens (primary N) is 1. The highest BCUT2D eigenvalue weighted by molar-refractivity contribution is 5.65. The molecule has 1 saturated heterocycles. The first-order valence-corrected chi connectivity index (χ1v) is 6.92. The second-order valence-corrected chi connectivity index (χ2v) is 5.74. The summed E-state index contributed by atoms with van der Waals surface area (Å²) in [5.41, 5.74) is 4.24. The molecule has 22 heavy (non-hydrogen) atoms. The van der Waals surface area contributed by atoms with Crippen molar-refractivity contribution in [3.8, 4) is 0 Å². The maximum absolute atomic E-state index is 10.7. The minimum absolute atomic E-state index is 0.295. The van der Waals surface area contributed by atoms with Crippen molar-refractivity contribution in [2.45, 2.75) is 23.4 Å². The van der Waals surface area contributed by atoms with Gasteiger partial charge in [0.25, 0.3) is 0 Å². The van der Waals surface area contributed by atoms with Crippen molar-refractivity contribution in [1.29, 1.82) is 0 Å². The number of nitrogen functional groups attached to an aromatic ring is 1. The largest absolute Gasteiger partial charge is 0.396 e. The second kappa shape index (κ2) is 4.05. The Bertz CT molecular complexity index is 777. The van der Waals surface area contributed by atoms with Crippen LogP contribution < -0.4 is 5.73 Å². The van der Waals surface area contributed by atoms with Gasteiger partial charge in [0.15, 0.2) is 5.82 Å². The molecule has 0 amide bonds. The minimum atomic E-state index is -1.54. The quantitative estimate of drug-likeness (QED) is 0.537. The standard InChI is InChI=1S/C14H16N4O4/c1-2-13-9(5-19)14(13,21)11(20)10(22-13)7-3-4-8-12(15)16-6-17-18(7)8/h2-4,6,9-11,19-21H,1,5H2,(H2,15,16,17). The molecule has 3 heterocycles. The number of hydrogen-bond acceptors (Lipinski definition) is 7. The van der Waals surface area contributed by atoms with Gasteiger partial charge in [-0.05, 0) is 12.1 Å². The fraction of sp³-hybridized carbons (Fsp3) is 0.429. The van der Waals surface area contributed by atoms with E-state index in [1.807, 2.05) is 0 Å². The third-order valence-corrected chi connectivity index (χ3v) is 4.94. The lowest BCUT2D eigenvalue weighted by Gasteiger charge is -2.22. The van der Waals surface area contributed by atoms with E-state index in [2.05, 4.69) is 16.7 Å². The summed E-state index contributed by atoms with van der Waals surface area (Å²) < 4.78 is 7.41. The molecule has 5 unspecified atom stereocenters. The van der Waals surface area contributed by atoms with Gasteiger partial charge < -0.3 is 25.8 Å². The number of aliphatic hydroxyl groups is 3. The van der Waals surface area contributed by atoms with Gasteiger partial charge >= 0.3 is 0 Å². The van der Waals surface area contributed by atoms with Crippen LogP contribution in [0.1, 0.15) is 11.8 Å². The molecule has 0 spiro atoms. The molecule has 5 atom stereocenters. The van der Waals surface area contributed by atoms with Crippen LogP contribution in [0.3, 0.4) is 0 Å². The van der Waals surface area contributed by atoms with E-state index in [4.69, 9.17) is 10.5 Å². The zero-order chi connectivity index (χ0) is 15.7. The first kappa shape index (κ1) is 13.6. The molecule has 0 aromatic carbocycles. The molecule has 0 bridgehead atoms. The fourth-order valence-electron chi connectivity index (χ4n) is 3.71. The summed E-state index contributed by atoms with van der Waals surface area (Å²) in [6.07, 6.45) is 0.734. The lowest BCUT2D eigenvalue weighted by molar-refractivity contribution is -0.0617. The van der Waals surface area contributed by atoms with E-state index in [1.54, 1.807) is 12.1 Å². The van der Waals surface area contributed by atoms with E-state index < -0.39 is 29.3 Å². The Balaban J connectivity index is 1.79. The van der Waals surface area contributed by atoms with Gasteiger partial charge in [-0.15, -0.1) is 6.58 Å². The van der Waals surface area contributed by atoms with Gasteiger partial charge in [0, 0.05) is 0 Å². The number of rotatable bonds is 3. The Hall–Kier alpha value is -2.00. The van der Waals surface area contributed by atoms with Crippen LogP contribution in [0.25, 0.3) is 5.52 Å². The lowest BCUT2D eigenvalue weighted by Crippen LogP contribution is -2.34. The normalized spacial score (nSPS) is 39.9. The molecule has 116 valence electrons. The van der Waals surface area contributed by atoms with E-state index in [0.717, 1.165) is 0 Å². The van der Waals surface area contributed by atoms with Crippen LogP contribution in [0, 0.1) is 5.92 Å². The molecular weight excluding hydrogens is 288 g/mol. The van der Waals surface area contributed by atoms with E-state index in [0.29, 0.717) is 17.0 Å². The summed E-state index contributed by atoms with van der Waals surface area (Å²) in [7, 11) is 0. The van der Waals surface area contributed by atoms with Crippen molar-refractivity contribution in [1.82, 2.24) is 14.6 Å². The Kier molecular flexibility index (Phi) is 2.51. The number of fused-ring (bicyclic) bond motifs is 2. The minimum Gasteiger partial charge on any atom is -0.396 e. The van der Waals surface area contributed by atoms with Crippen molar-refractivity contribution < 1.29 is 20.1 Å². The molecule has 2 aromatic rings. The van der Waals surface area contributed by atoms with Gasteiger partial charge in [0.05, 0.1) is 18.2 Å². The third-order valence-electron chi connectivity index (χ3n) is 4.94. The van der Waals surface area contributed by atoms with Crippen LogP contribution in [0.5, 0.6) is 0 Å². The summed E-state index contributed by atoms with van der Waals surface area (Å²) in [5.74, 6) is -0.279. The lowest BCUT2D eigenvalue weighted by atomic mass is 10.0. The number of nitrogens with zero attached hydrogens (tertiary/aromatic N) is 3. The van der Waals surface area contributed by atoms with Crippen molar-refractivity contribution in [3.63, 3.8) is 0 Å². The van der Waals surface area contributed by atoms with Crippen LogP contribution in [-0.2, 0) is 4.74 Å². The van der Waals surface area contributed by atoms with E-state index >= 15 is 0 Å². The summed E-state index contributed by atoms with van der Waals surface area (Å²) in [5, 5.41) is 34.7. The molecule has 4 rings (SSSR count). The highest BCUT2D eigenvalue weighted by atomic mass is 16.6. The SMILES string of the molecule is C=CC12OC(c3ccc4c(N)ncnn34)C(O)C1(O)C2CO. The monoisotopic (exact) mass is 304 g/mol. The Morgan fingerprint density at radius 3 is 2.91 bits per heavy atom.